The molecule has 2 saturated heterocycles. The van der Waals surface area contributed by atoms with Gasteiger partial charge in [-0.05, 0) is 67.0 Å². The number of fused-ring (bicyclic) bond motifs is 1. The highest BCUT2D eigenvalue weighted by Crippen LogP contribution is 2.33. The maximum Gasteiger partial charge on any atom is 0.273 e. The number of carbonyl (C=O) groups is 1. The van der Waals surface area contributed by atoms with Crippen molar-refractivity contribution in [3.63, 3.8) is 0 Å². The van der Waals surface area contributed by atoms with Gasteiger partial charge in [0.25, 0.3) is 5.91 Å². The molecule has 0 atom stereocenters. The lowest BCUT2D eigenvalue weighted by molar-refractivity contribution is 0.0623. The Morgan fingerprint density at radius 1 is 1.00 bits per heavy atom. The molecular formula is C30H36N6O3S2. The summed E-state index contributed by atoms with van der Waals surface area (Å²) in [4.78, 5) is 26.7. The third-order valence-electron chi connectivity index (χ3n) is 8.01. The van der Waals surface area contributed by atoms with E-state index in [-0.39, 0.29) is 12.7 Å². The van der Waals surface area contributed by atoms with Crippen molar-refractivity contribution < 1.29 is 14.3 Å². The molecule has 11 heteroatoms. The van der Waals surface area contributed by atoms with Crippen LogP contribution in [-0.2, 0) is 6.54 Å². The fraction of sp³-hybridized carbons (Fsp3) is 0.433. The molecule has 216 valence electrons. The lowest BCUT2D eigenvalue weighted by atomic mass is 9.98. The lowest BCUT2D eigenvalue weighted by Crippen LogP contribution is -2.48. The van der Waals surface area contributed by atoms with Crippen molar-refractivity contribution in [2.45, 2.75) is 25.3 Å². The number of nitrogens with zero attached hydrogens (tertiary/aromatic N) is 5. The molecule has 0 bridgehead atoms. The molecule has 1 N–H and O–H groups in total. The van der Waals surface area contributed by atoms with Crippen LogP contribution < -0.4 is 19.7 Å². The van der Waals surface area contributed by atoms with Crippen molar-refractivity contribution in [3.8, 4) is 11.5 Å². The maximum absolute atomic E-state index is 13.2. The van der Waals surface area contributed by atoms with Crippen LogP contribution in [0.1, 0.15) is 39.8 Å². The highest BCUT2D eigenvalue weighted by atomic mass is 32.1. The number of amides is 1. The summed E-state index contributed by atoms with van der Waals surface area (Å²) in [5.74, 6) is 2.02. The number of rotatable bonds is 6. The van der Waals surface area contributed by atoms with Crippen LogP contribution >= 0.6 is 23.6 Å². The highest BCUT2D eigenvalue weighted by Gasteiger charge is 2.28. The molecule has 0 aliphatic carbocycles. The third kappa shape index (κ3) is 6.42. The standard InChI is InChI=1S/C30H36N6O3S2/c1-33(2)24-6-4-23(5-7-24)31-30(40)36-11-9-22(10-12-36)28-32-25(19-41-28)29(37)35-15-13-34(14-16-35)18-21-3-8-26-27(17-21)39-20-38-26/h3-8,17,19,22H,9-16,18,20H2,1-2H3,(H,31,40). The number of thiazole rings is 1. The Morgan fingerprint density at radius 3 is 2.46 bits per heavy atom. The predicted molar refractivity (Wildman–Crippen MR) is 166 cm³/mol. The van der Waals surface area contributed by atoms with Crippen LogP contribution in [0.2, 0.25) is 0 Å². The second-order valence-electron chi connectivity index (χ2n) is 11.0. The summed E-state index contributed by atoms with van der Waals surface area (Å²) < 4.78 is 10.9. The normalized spacial score (nSPS) is 17.5. The van der Waals surface area contributed by atoms with Gasteiger partial charge in [-0.2, -0.15) is 0 Å². The van der Waals surface area contributed by atoms with E-state index in [4.69, 9.17) is 26.7 Å². The van der Waals surface area contributed by atoms with E-state index in [1.807, 2.05) is 30.4 Å². The highest BCUT2D eigenvalue weighted by molar-refractivity contribution is 7.80. The number of piperidine rings is 1. The SMILES string of the molecule is CN(C)c1ccc(NC(=S)N2CCC(c3nc(C(=O)N4CCN(Cc5ccc6c(c5)OCO6)CC4)cs3)CC2)cc1. The molecule has 0 radical (unpaired) electrons. The van der Waals surface area contributed by atoms with Gasteiger partial charge in [0.15, 0.2) is 16.6 Å². The van der Waals surface area contributed by atoms with Gasteiger partial charge in [0, 0.05) is 82.6 Å². The molecule has 0 spiro atoms. The van der Waals surface area contributed by atoms with Gasteiger partial charge in [-0.25, -0.2) is 4.98 Å². The summed E-state index contributed by atoms with van der Waals surface area (Å²) in [5, 5.41) is 7.13. The Bertz CT molecular complexity index is 1380. The van der Waals surface area contributed by atoms with Crippen LogP contribution in [0, 0.1) is 0 Å². The number of hydrogen-bond donors (Lipinski definition) is 1. The molecule has 0 unspecified atom stereocenters. The quantitative estimate of drug-likeness (QED) is 0.418. The number of hydrogen-bond acceptors (Lipinski definition) is 8. The lowest BCUT2D eigenvalue weighted by Gasteiger charge is -2.34. The topological polar surface area (TPSA) is 73.4 Å². The fourth-order valence-electron chi connectivity index (χ4n) is 5.52. The van der Waals surface area contributed by atoms with Gasteiger partial charge < -0.3 is 29.5 Å². The third-order valence-corrected chi connectivity index (χ3v) is 9.38. The van der Waals surface area contributed by atoms with Crippen molar-refractivity contribution >= 4 is 45.9 Å². The van der Waals surface area contributed by atoms with Crippen molar-refractivity contribution in [2.24, 2.45) is 0 Å². The number of aromatic nitrogens is 1. The Morgan fingerprint density at radius 2 is 1.73 bits per heavy atom. The van der Waals surface area contributed by atoms with Crippen LogP contribution in [0.3, 0.4) is 0 Å². The Balaban J connectivity index is 0.960. The van der Waals surface area contributed by atoms with Gasteiger partial charge in [-0.3, -0.25) is 9.69 Å². The second-order valence-corrected chi connectivity index (χ2v) is 12.2. The number of carbonyl (C=O) groups excluding carboxylic acids is 1. The molecule has 9 nitrogen and oxygen atoms in total. The summed E-state index contributed by atoms with van der Waals surface area (Å²) in [6.45, 7) is 5.96. The first kappa shape index (κ1) is 27.7. The van der Waals surface area contributed by atoms with Gasteiger partial charge in [0.05, 0.1) is 5.01 Å². The maximum atomic E-state index is 13.2. The van der Waals surface area contributed by atoms with Crippen LogP contribution in [-0.4, -0.2) is 90.9 Å². The minimum absolute atomic E-state index is 0.0401. The Kier molecular flexibility index (Phi) is 8.27. The van der Waals surface area contributed by atoms with Gasteiger partial charge in [0.2, 0.25) is 6.79 Å². The van der Waals surface area contributed by atoms with E-state index in [1.54, 1.807) is 11.3 Å². The zero-order valence-corrected chi connectivity index (χ0v) is 25.2. The number of ether oxygens (including phenoxy) is 2. The summed E-state index contributed by atoms with van der Waals surface area (Å²) in [6.07, 6.45) is 1.95. The van der Waals surface area contributed by atoms with Crippen LogP contribution in [0.5, 0.6) is 11.5 Å². The zero-order valence-electron chi connectivity index (χ0n) is 23.5. The number of likely N-dealkylation sites (tertiary alicyclic amines) is 1. The number of benzene rings is 2. The van der Waals surface area contributed by atoms with E-state index in [2.05, 4.69) is 56.4 Å². The molecule has 0 saturated carbocycles. The number of nitrogens with one attached hydrogen (secondary N) is 1. The van der Waals surface area contributed by atoms with Crippen LogP contribution in [0.15, 0.2) is 47.8 Å². The monoisotopic (exact) mass is 592 g/mol. The van der Waals surface area contributed by atoms with Crippen molar-refractivity contribution in [1.29, 1.82) is 0 Å². The molecule has 3 aliphatic rings. The van der Waals surface area contributed by atoms with E-state index in [0.717, 1.165) is 78.6 Å². The molecule has 2 fully saturated rings. The van der Waals surface area contributed by atoms with Crippen molar-refractivity contribution in [1.82, 2.24) is 19.7 Å². The minimum Gasteiger partial charge on any atom is -0.454 e. The first-order chi connectivity index (χ1) is 19.9. The van der Waals surface area contributed by atoms with Gasteiger partial charge in [-0.15, -0.1) is 11.3 Å². The van der Waals surface area contributed by atoms with E-state index in [0.29, 0.717) is 24.7 Å². The molecule has 2 aromatic carbocycles. The second kappa shape index (κ2) is 12.2. The molecule has 1 amide bonds. The smallest absolute Gasteiger partial charge is 0.273 e. The summed E-state index contributed by atoms with van der Waals surface area (Å²) in [7, 11) is 4.06. The number of thiocarbonyl (C=S) groups is 1. The van der Waals surface area contributed by atoms with Crippen LogP contribution in [0.25, 0.3) is 0 Å². The molecular weight excluding hydrogens is 557 g/mol. The van der Waals surface area contributed by atoms with E-state index in [9.17, 15) is 4.79 Å². The fourth-order valence-corrected chi connectivity index (χ4v) is 6.78. The predicted octanol–water partition coefficient (Wildman–Crippen LogP) is 4.47. The Hall–Kier alpha value is -3.41. The summed E-state index contributed by atoms with van der Waals surface area (Å²) in [5.41, 5.74) is 3.93. The average Bonchev–Trinajstić information content (AvgIpc) is 3.68. The summed E-state index contributed by atoms with van der Waals surface area (Å²) in [6, 6.07) is 14.4. The first-order valence-corrected chi connectivity index (χ1v) is 15.4. The van der Waals surface area contributed by atoms with E-state index in [1.165, 1.54) is 5.56 Å². The number of piperazine rings is 1. The average molecular weight is 593 g/mol. The van der Waals surface area contributed by atoms with E-state index >= 15 is 0 Å². The largest absolute Gasteiger partial charge is 0.454 e. The first-order valence-electron chi connectivity index (χ1n) is 14.1. The van der Waals surface area contributed by atoms with E-state index < -0.39 is 0 Å². The molecule has 3 aromatic rings. The van der Waals surface area contributed by atoms with Gasteiger partial charge in [-0.1, -0.05) is 6.07 Å². The summed E-state index contributed by atoms with van der Waals surface area (Å²) >= 11 is 7.31. The van der Waals surface area contributed by atoms with Gasteiger partial charge >= 0.3 is 0 Å². The van der Waals surface area contributed by atoms with Crippen molar-refractivity contribution in [3.05, 3.63) is 64.1 Å². The minimum atomic E-state index is 0.0401. The molecule has 4 heterocycles. The number of anilines is 2. The molecule has 1 aromatic heterocycles. The zero-order chi connectivity index (χ0) is 28.3. The van der Waals surface area contributed by atoms with Gasteiger partial charge in [0.1, 0.15) is 5.69 Å². The Labute approximate surface area is 250 Å². The molecule has 6 rings (SSSR count). The van der Waals surface area contributed by atoms with Crippen LogP contribution in [0.4, 0.5) is 11.4 Å². The molecule has 41 heavy (non-hydrogen) atoms. The van der Waals surface area contributed by atoms with Crippen molar-refractivity contribution in [2.75, 3.05) is 70.4 Å². The molecule has 3 aliphatic heterocycles.